The molecule has 19 heavy (non-hydrogen) atoms. The first-order valence-electron chi connectivity index (χ1n) is 7.18. The summed E-state index contributed by atoms with van der Waals surface area (Å²) in [5.41, 5.74) is 4.79. The zero-order valence-electron chi connectivity index (χ0n) is 11.3. The Balaban J connectivity index is 1.86. The van der Waals surface area contributed by atoms with Gasteiger partial charge in [0.25, 0.3) is 0 Å². The molecule has 1 saturated heterocycles. The molecule has 1 aliphatic carbocycles. The van der Waals surface area contributed by atoms with Crippen LogP contribution in [0.25, 0.3) is 0 Å². The highest BCUT2D eigenvalue weighted by Crippen LogP contribution is 2.48. The standard InChI is InChI=1S/C15H20N2OS/c1-18-13-4-3-10-11-9-16-6-5-12(11)17-7-2-8-19-15(13)14(10)17/h2,8,12-13,16H,3-7,9H2,1H3. The van der Waals surface area contributed by atoms with E-state index in [2.05, 4.69) is 21.7 Å². The first-order valence-corrected chi connectivity index (χ1v) is 8.06. The largest absolute Gasteiger partial charge is 0.376 e. The number of hydrogen-bond acceptors (Lipinski definition) is 4. The van der Waals surface area contributed by atoms with E-state index >= 15 is 0 Å². The fraction of sp³-hybridized carbons (Fsp3) is 0.600. The molecule has 0 aromatic heterocycles. The van der Waals surface area contributed by atoms with Crippen LogP contribution in [0.4, 0.5) is 0 Å². The van der Waals surface area contributed by atoms with E-state index in [0.29, 0.717) is 12.1 Å². The van der Waals surface area contributed by atoms with Crippen LogP contribution in [-0.2, 0) is 4.74 Å². The lowest BCUT2D eigenvalue weighted by atomic mass is 9.91. The Labute approximate surface area is 118 Å². The van der Waals surface area contributed by atoms with Gasteiger partial charge in [-0.15, -0.1) is 0 Å². The fourth-order valence-corrected chi connectivity index (χ4v) is 4.92. The molecule has 0 bridgehead atoms. The van der Waals surface area contributed by atoms with Gasteiger partial charge in [-0.1, -0.05) is 17.8 Å². The Morgan fingerprint density at radius 2 is 2.37 bits per heavy atom. The zero-order chi connectivity index (χ0) is 12.8. The minimum Gasteiger partial charge on any atom is -0.376 e. The third kappa shape index (κ3) is 1.73. The molecular weight excluding hydrogens is 256 g/mol. The number of nitrogens with zero attached hydrogens (tertiary/aromatic N) is 1. The van der Waals surface area contributed by atoms with Gasteiger partial charge in [0.05, 0.1) is 17.8 Å². The van der Waals surface area contributed by atoms with Crippen molar-refractivity contribution in [3.05, 3.63) is 33.2 Å². The lowest BCUT2D eigenvalue weighted by Gasteiger charge is -2.33. The van der Waals surface area contributed by atoms with Crippen molar-refractivity contribution in [1.29, 1.82) is 0 Å². The van der Waals surface area contributed by atoms with Gasteiger partial charge in [-0.05, 0) is 42.4 Å². The lowest BCUT2D eigenvalue weighted by Crippen LogP contribution is -2.40. The first-order chi connectivity index (χ1) is 9.40. The number of ether oxygens (including phenoxy) is 1. The molecule has 0 radical (unpaired) electrons. The molecule has 3 nitrogen and oxygen atoms in total. The number of thioether (sulfide) groups is 1. The number of nitrogens with one attached hydrogen (secondary N) is 1. The van der Waals surface area contributed by atoms with Gasteiger partial charge in [-0.3, -0.25) is 0 Å². The summed E-state index contributed by atoms with van der Waals surface area (Å²) in [6.07, 6.45) is 6.16. The molecule has 0 aromatic carbocycles. The van der Waals surface area contributed by atoms with Crippen molar-refractivity contribution in [3.8, 4) is 0 Å². The van der Waals surface area contributed by atoms with E-state index in [0.717, 1.165) is 26.1 Å². The third-order valence-electron chi connectivity index (χ3n) is 4.71. The quantitative estimate of drug-likeness (QED) is 0.794. The van der Waals surface area contributed by atoms with Crippen molar-refractivity contribution in [1.82, 2.24) is 10.2 Å². The van der Waals surface area contributed by atoms with Crippen LogP contribution in [0.3, 0.4) is 0 Å². The SMILES string of the molecule is COC1CCC2=C3CNCCC3N3CC=CSC1=C23. The Hall–Kier alpha value is -0.710. The second-order valence-electron chi connectivity index (χ2n) is 5.60. The van der Waals surface area contributed by atoms with Crippen LogP contribution in [0, 0.1) is 0 Å². The minimum atomic E-state index is 0.294. The Bertz CT molecular complexity index is 494. The monoisotopic (exact) mass is 276 g/mol. The summed E-state index contributed by atoms with van der Waals surface area (Å²) in [5, 5.41) is 5.79. The van der Waals surface area contributed by atoms with E-state index in [1.54, 1.807) is 11.1 Å². The van der Waals surface area contributed by atoms with Crippen molar-refractivity contribution < 1.29 is 4.74 Å². The molecule has 3 aliphatic heterocycles. The summed E-state index contributed by atoms with van der Waals surface area (Å²) in [6, 6.07) is 0.639. The van der Waals surface area contributed by atoms with E-state index in [9.17, 15) is 0 Å². The Morgan fingerprint density at radius 3 is 3.26 bits per heavy atom. The maximum Gasteiger partial charge on any atom is 0.0906 e. The summed E-state index contributed by atoms with van der Waals surface area (Å²) in [5.74, 6) is 0. The number of hydrogen-bond donors (Lipinski definition) is 1. The van der Waals surface area contributed by atoms with Crippen LogP contribution in [0.1, 0.15) is 19.3 Å². The number of rotatable bonds is 1. The number of methoxy groups -OCH3 is 1. The maximum absolute atomic E-state index is 5.72. The molecule has 2 unspecified atom stereocenters. The van der Waals surface area contributed by atoms with E-state index < -0.39 is 0 Å². The number of piperidine rings is 1. The van der Waals surface area contributed by atoms with Gasteiger partial charge >= 0.3 is 0 Å². The summed E-state index contributed by atoms with van der Waals surface area (Å²) in [6.45, 7) is 3.28. The molecule has 4 aliphatic rings. The van der Waals surface area contributed by atoms with E-state index in [4.69, 9.17) is 4.74 Å². The normalized spacial score (nSPS) is 33.4. The van der Waals surface area contributed by atoms with Crippen LogP contribution >= 0.6 is 11.8 Å². The lowest BCUT2D eigenvalue weighted by molar-refractivity contribution is 0.125. The van der Waals surface area contributed by atoms with E-state index in [-0.39, 0.29) is 0 Å². The van der Waals surface area contributed by atoms with Gasteiger partial charge < -0.3 is 15.0 Å². The number of fused-ring (bicyclic) bond motifs is 2. The summed E-state index contributed by atoms with van der Waals surface area (Å²) < 4.78 is 5.72. The third-order valence-corrected chi connectivity index (χ3v) is 5.75. The topological polar surface area (TPSA) is 24.5 Å². The summed E-state index contributed by atoms with van der Waals surface area (Å²) in [4.78, 5) is 4.07. The summed E-state index contributed by atoms with van der Waals surface area (Å²) >= 11 is 1.87. The number of allylic oxidation sites excluding steroid dienone is 1. The maximum atomic E-state index is 5.72. The van der Waals surface area contributed by atoms with Gasteiger partial charge in [0.15, 0.2) is 0 Å². The Kier molecular flexibility index (Phi) is 2.98. The van der Waals surface area contributed by atoms with Crippen LogP contribution < -0.4 is 5.32 Å². The van der Waals surface area contributed by atoms with Crippen LogP contribution in [0.2, 0.25) is 0 Å². The molecule has 3 heterocycles. The highest BCUT2D eigenvalue weighted by Gasteiger charge is 2.42. The van der Waals surface area contributed by atoms with Gasteiger partial charge in [-0.25, -0.2) is 0 Å². The van der Waals surface area contributed by atoms with E-state index in [1.165, 1.54) is 23.4 Å². The highest BCUT2D eigenvalue weighted by atomic mass is 32.2. The molecule has 0 amide bonds. The first kappa shape index (κ1) is 12.1. The van der Waals surface area contributed by atoms with Crippen molar-refractivity contribution >= 4 is 11.8 Å². The smallest absolute Gasteiger partial charge is 0.0906 e. The molecule has 0 aromatic rings. The average molecular weight is 276 g/mol. The summed E-state index contributed by atoms with van der Waals surface area (Å²) in [7, 11) is 1.85. The molecule has 4 heteroatoms. The minimum absolute atomic E-state index is 0.294. The zero-order valence-corrected chi connectivity index (χ0v) is 12.1. The van der Waals surface area contributed by atoms with Crippen LogP contribution in [0.5, 0.6) is 0 Å². The Morgan fingerprint density at radius 1 is 1.42 bits per heavy atom. The molecule has 1 fully saturated rings. The second kappa shape index (κ2) is 4.69. The van der Waals surface area contributed by atoms with Gasteiger partial charge in [0.1, 0.15) is 0 Å². The molecule has 4 rings (SSSR count). The van der Waals surface area contributed by atoms with Crippen LogP contribution in [-0.4, -0.2) is 43.8 Å². The average Bonchev–Trinajstić information content (AvgIpc) is 2.62. The predicted octanol–water partition coefficient (Wildman–Crippen LogP) is 2.24. The van der Waals surface area contributed by atoms with Crippen molar-refractivity contribution in [2.45, 2.75) is 31.4 Å². The molecule has 0 saturated carbocycles. The molecule has 2 atom stereocenters. The van der Waals surface area contributed by atoms with Crippen LogP contribution in [0.15, 0.2) is 33.2 Å². The van der Waals surface area contributed by atoms with E-state index in [1.807, 2.05) is 18.9 Å². The van der Waals surface area contributed by atoms with Gasteiger partial charge in [-0.2, -0.15) is 0 Å². The highest BCUT2D eigenvalue weighted by molar-refractivity contribution is 8.05. The van der Waals surface area contributed by atoms with Gasteiger partial charge in [0, 0.05) is 25.1 Å². The molecule has 102 valence electrons. The van der Waals surface area contributed by atoms with Crippen molar-refractivity contribution in [2.75, 3.05) is 26.7 Å². The molecular formula is C15H20N2OS. The predicted molar refractivity (Wildman–Crippen MR) is 78.8 cm³/mol. The fourth-order valence-electron chi connectivity index (χ4n) is 3.87. The van der Waals surface area contributed by atoms with Crippen molar-refractivity contribution in [3.63, 3.8) is 0 Å². The molecule has 1 N–H and O–H groups in total. The molecule has 0 spiro atoms. The van der Waals surface area contributed by atoms with Gasteiger partial charge in [0.2, 0.25) is 0 Å². The van der Waals surface area contributed by atoms with Crippen molar-refractivity contribution in [2.24, 2.45) is 0 Å². The second-order valence-corrected chi connectivity index (χ2v) is 6.55.